The number of methoxy groups -OCH3 is 1. The minimum atomic E-state index is -1.04. The van der Waals surface area contributed by atoms with Crippen LogP contribution in [-0.4, -0.2) is 48.2 Å². The van der Waals surface area contributed by atoms with E-state index in [0.29, 0.717) is 29.6 Å². The van der Waals surface area contributed by atoms with E-state index in [9.17, 15) is 9.59 Å². The van der Waals surface area contributed by atoms with E-state index in [1.165, 1.54) is 18.1 Å². The van der Waals surface area contributed by atoms with Gasteiger partial charge in [0.2, 0.25) is 0 Å². The van der Waals surface area contributed by atoms with E-state index in [2.05, 4.69) is 13.8 Å². The van der Waals surface area contributed by atoms with Gasteiger partial charge in [-0.1, -0.05) is 25.4 Å². The monoisotopic (exact) mass is 369 g/mol. The number of ether oxygens (including phenoxy) is 2. The highest BCUT2D eigenvalue weighted by atomic mass is 35.5. The zero-order valence-electron chi connectivity index (χ0n) is 14.8. The summed E-state index contributed by atoms with van der Waals surface area (Å²) in [6, 6.07) is 3.04. The van der Waals surface area contributed by atoms with Crippen molar-refractivity contribution in [3.8, 4) is 11.5 Å². The van der Waals surface area contributed by atoms with Crippen molar-refractivity contribution in [2.45, 2.75) is 39.2 Å². The molecule has 0 heterocycles. The molecule has 0 aliphatic heterocycles. The molecule has 1 aromatic rings. The highest BCUT2D eigenvalue weighted by molar-refractivity contribution is 6.32. The number of carboxylic acids is 1. The van der Waals surface area contributed by atoms with Crippen LogP contribution in [0.25, 0.3) is 0 Å². The molecule has 0 bridgehead atoms. The van der Waals surface area contributed by atoms with Gasteiger partial charge in [0.05, 0.1) is 18.7 Å². The summed E-state index contributed by atoms with van der Waals surface area (Å²) in [7, 11) is 1.48. The second-order valence-corrected chi connectivity index (χ2v) is 6.99. The van der Waals surface area contributed by atoms with E-state index in [1.54, 1.807) is 6.07 Å². The molecule has 1 aliphatic carbocycles. The Morgan fingerprint density at radius 3 is 2.56 bits per heavy atom. The second kappa shape index (κ2) is 8.43. The van der Waals surface area contributed by atoms with Gasteiger partial charge in [-0.2, -0.15) is 0 Å². The van der Waals surface area contributed by atoms with Crippen LogP contribution in [0.2, 0.25) is 5.02 Å². The third kappa shape index (κ3) is 5.26. The fraction of sp³-hybridized carbons (Fsp3) is 0.556. The quantitative estimate of drug-likeness (QED) is 0.721. The molecule has 0 radical (unpaired) electrons. The van der Waals surface area contributed by atoms with Crippen LogP contribution in [0, 0.1) is 5.92 Å². The number of nitrogens with zero attached hydrogens (tertiary/aromatic N) is 1. The van der Waals surface area contributed by atoms with Crippen LogP contribution < -0.4 is 9.47 Å². The third-order valence-corrected chi connectivity index (χ3v) is 4.25. The molecule has 7 heteroatoms. The van der Waals surface area contributed by atoms with Crippen molar-refractivity contribution in [2.24, 2.45) is 5.92 Å². The lowest BCUT2D eigenvalue weighted by atomic mass is 10.1. The molecule has 1 aliphatic rings. The van der Waals surface area contributed by atoms with Crippen LogP contribution in [0.1, 0.15) is 43.5 Å². The van der Waals surface area contributed by atoms with E-state index >= 15 is 0 Å². The fourth-order valence-corrected chi connectivity index (χ4v) is 2.71. The molecule has 1 amide bonds. The Bertz CT molecular complexity index is 643. The molecule has 25 heavy (non-hydrogen) atoms. The minimum Gasteiger partial charge on any atom is -0.493 e. The smallest absolute Gasteiger partial charge is 0.323 e. The van der Waals surface area contributed by atoms with E-state index in [4.69, 9.17) is 26.2 Å². The number of aliphatic carboxylic acids is 1. The first-order valence-corrected chi connectivity index (χ1v) is 8.74. The zero-order valence-corrected chi connectivity index (χ0v) is 15.5. The first-order valence-electron chi connectivity index (χ1n) is 8.36. The predicted octanol–water partition coefficient (Wildman–Crippen LogP) is 3.46. The maximum Gasteiger partial charge on any atom is 0.323 e. The molecule has 1 fully saturated rings. The molecule has 0 saturated heterocycles. The van der Waals surface area contributed by atoms with Gasteiger partial charge < -0.3 is 19.5 Å². The van der Waals surface area contributed by atoms with Crippen LogP contribution in [0.15, 0.2) is 12.1 Å². The Kier molecular flexibility index (Phi) is 6.53. The Hall–Kier alpha value is -1.95. The van der Waals surface area contributed by atoms with Crippen LogP contribution in [-0.2, 0) is 4.79 Å². The van der Waals surface area contributed by atoms with Crippen molar-refractivity contribution in [1.82, 2.24) is 4.90 Å². The highest BCUT2D eigenvalue weighted by Gasteiger charge is 2.34. The van der Waals surface area contributed by atoms with E-state index in [0.717, 1.165) is 19.3 Å². The number of benzene rings is 1. The molecule has 1 N–H and O–H groups in total. The van der Waals surface area contributed by atoms with Crippen molar-refractivity contribution < 1.29 is 24.2 Å². The Morgan fingerprint density at radius 2 is 2.04 bits per heavy atom. The van der Waals surface area contributed by atoms with Crippen LogP contribution in [0.5, 0.6) is 11.5 Å². The van der Waals surface area contributed by atoms with Gasteiger partial charge in [0.25, 0.3) is 5.91 Å². The number of amides is 1. The summed E-state index contributed by atoms with van der Waals surface area (Å²) < 4.78 is 11.0. The molecule has 0 spiro atoms. The van der Waals surface area contributed by atoms with Gasteiger partial charge >= 0.3 is 5.97 Å². The van der Waals surface area contributed by atoms with Crippen LogP contribution in [0.3, 0.4) is 0 Å². The van der Waals surface area contributed by atoms with Crippen molar-refractivity contribution in [2.75, 3.05) is 20.3 Å². The second-order valence-electron chi connectivity index (χ2n) is 6.58. The lowest BCUT2D eigenvalue weighted by Crippen LogP contribution is -2.37. The van der Waals surface area contributed by atoms with Gasteiger partial charge in [-0.15, -0.1) is 0 Å². The molecule has 138 valence electrons. The summed E-state index contributed by atoms with van der Waals surface area (Å²) in [5.41, 5.74) is 0.297. The largest absolute Gasteiger partial charge is 0.493 e. The number of halogens is 1. The first-order chi connectivity index (χ1) is 11.8. The third-order valence-electron chi connectivity index (χ3n) is 3.97. The SMILES string of the molecule is COc1cc(C(=O)N(CC(=O)O)C2CC2)cc(Cl)c1OCCC(C)C. The lowest BCUT2D eigenvalue weighted by molar-refractivity contribution is -0.137. The van der Waals surface area contributed by atoms with Gasteiger partial charge in [-0.05, 0) is 37.3 Å². The van der Waals surface area contributed by atoms with E-state index < -0.39 is 5.97 Å². The highest BCUT2D eigenvalue weighted by Crippen LogP contribution is 2.38. The normalized spacial score (nSPS) is 13.6. The molecular formula is C18H24ClNO5. The molecular weight excluding hydrogens is 346 g/mol. The molecule has 1 saturated carbocycles. The summed E-state index contributed by atoms with van der Waals surface area (Å²) in [6.07, 6.45) is 2.51. The van der Waals surface area contributed by atoms with Gasteiger partial charge in [0, 0.05) is 11.6 Å². The molecule has 1 aromatic carbocycles. The maximum atomic E-state index is 12.7. The van der Waals surface area contributed by atoms with Gasteiger partial charge in [-0.3, -0.25) is 9.59 Å². The number of carboxylic acid groups (broad SMARTS) is 1. The van der Waals surface area contributed by atoms with E-state index in [1.807, 2.05) is 0 Å². The topological polar surface area (TPSA) is 76.1 Å². The van der Waals surface area contributed by atoms with Crippen molar-refractivity contribution >= 4 is 23.5 Å². The number of hydrogen-bond acceptors (Lipinski definition) is 4. The van der Waals surface area contributed by atoms with Crippen molar-refractivity contribution in [1.29, 1.82) is 0 Å². The number of carbonyl (C=O) groups excluding carboxylic acids is 1. The van der Waals surface area contributed by atoms with Gasteiger partial charge in [0.15, 0.2) is 11.5 Å². The van der Waals surface area contributed by atoms with Crippen LogP contribution >= 0.6 is 11.6 Å². The fourth-order valence-electron chi connectivity index (χ4n) is 2.44. The molecule has 0 unspecified atom stereocenters. The molecule has 2 rings (SSSR count). The average molecular weight is 370 g/mol. The predicted molar refractivity (Wildman–Crippen MR) is 94.6 cm³/mol. The standard InChI is InChI=1S/C18H24ClNO5/c1-11(2)6-7-25-17-14(19)8-12(9-15(17)24-3)18(23)20(10-16(21)22)13-4-5-13/h8-9,11,13H,4-7,10H2,1-3H3,(H,21,22). The Labute approximate surface area is 152 Å². The van der Waals surface area contributed by atoms with E-state index in [-0.39, 0.29) is 23.5 Å². The maximum absolute atomic E-state index is 12.7. The van der Waals surface area contributed by atoms with Crippen LogP contribution in [0.4, 0.5) is 0 Å². The molecule has 0 aromatic heterocycles. The average Bonchev–Trinajstić information content (AvgIpc) is 3.37. The lowest BCUT2D eigenvalue weighted by Gasteiger charge is -2.21. The Balaban J connectivity index is 2.22. The molecule has 0 atom stereocenters. The number of hydrogen-bond donors (Lipinski definition) is 1. The first kappa shape index (κ1) is 19.4. The van der Waals surface area contributed by atoms with Gasteiger partial charge in [0.1, 0.15) is 6.54 Å². The summed E-state index contributed by atoms with van der Waals surface area (Å²) in [5.74, 6) is -0.136. The van der Waals surface area contributed by atoms with Crippen molar-refractivity contribution in [3.05, 3.63) is 22.7 Å². The minimum absolute atomic E-state index is 0.0182. The Morgan fingerprint density at radius 1 is 1.36 bits per heavy atom. The number of carbonyl (C=O) groups is 2. The summed E-state index contributed by atoms with van der Waals surface area (Å²) >= 11 is 6.29. The molecule has 6 nitrogen and oxygen atoms in total. The summed E-state index contributed by atoms with van der Waals surface area (Å²) in [5, 5.41) is 9.31. The zero-order chi connectivity index (χ0) is 18.6. The summed E-state index contributed by atoms with van der Waals surface area (Å²) in [6.45, 7) is 4.36. The number of rotatable bonds is 9. The van der Waals surface area contributed by atoms with Crippen molar-refractivity contribution in [3.63, 3.8) is 0 Å². The summed E-state index contributed by atoms with van der Waals surface area (Å²) in [4.78, 5) is 25.1. The van der Waals surface area contributed by atoms with Gasteiger partial charge in [-0.25, -0.2) is 0 Å².